The average Bonchev–Trinajstić information content (AvgIpc) is 2.83. The van der Waals surface area contributed by atoms with Crippen LogP contribution in [0.25, 0.3) is 5.65 Å². The van der Waals surface area contributed by atoms with Gasteiger partial charge in [-0.1, -0.05) is 24.3 Å². The van der Waals surface area contributed by atoms with Crippen LogP contribution in [0.1, 0.15) is 18.5 Å². The highest BCUT2D eigenvalue weighted by atomic mass is 32.2. The normalized spacial score (nSPS) is 12.7. The van der Waals surface area contributed by atoms with Crippen molar-refractivity contribution < 1.29 is 0 Å². The van der Waals surface area contributed by atoms with Gasteiger partial charge in [0, 0.05) is 17.1 Å². The molecular weight excluding hydrogens is 256 g/mol. The molecule has 19 heavy (non-hydrogen) atoms. The topological polar surface area (TPSA) is 56.2 Å². The Labute approximate surface area is 115 Å². The van der Waals surface area contributed by atoms with E-state index in [1.165, 1.54) is 0 Å². The van der Waals surface area contributed by atoms with Gasteiger partial charge < -0.3 is 5.73 Å². The minimum absolute atomic E-state index is 0.00267. The highest BCUT2D eigenvalue weighted by Crippen LogP contribution is 2.31. The maximum atomic E-state index is 6.00. The lowest BCUT2D eigenvalue weighted by atomic mass is 10.1. The molecule has 0 amide bonds. The van der Waals surface area contributed by atoms with Crippen LogP contribution in [0, 0.1) is 0 Å². The van der Waals surface area contributed by atoms with Gasteiger partial charge in [-0.05, 0) is 42.4 Å². The first-order valence-corrected chi connectivity index (χ1v) is 6.89. The van der Waals surface area contributed by atoms with Gasteiger partial charge in [0.2, 0.25) is 0 Å². The molecule has 0 spiro atoms. The van der Waals surface area contributed by atoms with Crippen LogP contribution < -0.4 is 5.73 Å². The van der Waals surface area contributed by atoms with E-state index in [2.05, 4.69) is 22.3 Å². The molecule has 3 rings (SSSR count). The standard InChI is InChI=1S/C14H14N4S/c1-10(15)11-6-2-3-7-12(11)19-14-17-16-13-8-4-5-9-18(13)14/h2-10H,15H2,1H3/t10-/m1/s1. The van der Waals surface area contributed by atoms with E-state index in [0.29, 0.717) is 0 Å². The maximum Gasteiger partial charge on any atom is 0.200 e. The predicted octanol–water partition coefficient (Wildman–Crippen LogP) is 2.90. The fourth-order valence-corrected chi connectivity index (χ4v) is 2.99. The Morgan fingerprint density at radius 1 is 1.11 bits per heavy atom. The number of pyridine rings is 1. The Morgan fingerprint density at radius 2 is 1.89 bits per heavy atom. The van der Waals surface area contributed by atoms with Gasteiger partial charge in [0.05, 0.1) is 0 Å². The monoisotopic (exact) mass is 270 g/mol. The van der Waals surface area contributed by atoms with Gasteiger partial charge in [0.1, 0.15) is 0 Å². The van der Waals surface area contributed by atoms with Gasteiger partial charge in [-0.2, -0.15) is 0 Å². The molecule has 0 bridgehead atoms. The Morgan fingerprint density at radius 3 is 2.74 bits per heavy atom. The smallest absolute Gasteiger partial charge is 0.200 e. The number of hydrogen-bond acceptors (Lipinski definition) is 4. The number of hydrogen-bond donors (Lipinski definition) is 1. The van der Waals surface area contributed by atoms with Gasteiger partial charge in [-0.25, -0.2) is 0 Å². The average molecular weight is 270 g/mol. The van der Waals surface area contributed by atoms with Crippen molar-refractivity contribution in [3.63, 3.8) is 0 Å². The lowest BCUT2D eigenvalue weighted by Gasteiger charge is -2.10. The first-order valence-electron chi connectivity index (χ1n) is 6.08. The highest BCUT2D eigenvalue weighted by Gasteiger charge is 2.11. The quantitative estimate of drug-likeness (QED) is 0.795. The van der Waals surface area contributed by atoms with Crippen molar-refractivity contribution in [2.45, 2.75) is 23.0 Å². The molecule has 0 aliphatic carbocycles. The van der Waals surface area contributed by atoms with Crippen LogP contribution in [-0.2, 0) is 0 Å². The summed E-state index contributed by atoms with van der Waals surface area (Å²) in [6.45, 7) is 1.99. The largest absolute Gasteiger partial charge is 0.324 e. The second-order valence-corrected chi connectivity index (χ2v) is 5.35. The number of nitrogens with zero attached hydrogens (tertiary/aromatic N) is 3. The second-order valence-electron chi connectivity index (χ2n) is 4.34. The first-order chi connectivity index (χ1) is 9.25. The molecule has 0 saturated heterocycles. The van der Waals surface area contributed by atoms with Crippen molar-refractivity contribution in [3.8, 4) is 0 Å². The molecule has 0 fully saturated rings. The van der Waals surface area contributed by atoms with E-state index in [-0.39, 0.29) is 6.04 Å². The van der Waals surface area contributed by atoms with Gasteiger partial charge in [-0.3, -0.25) is 4.40 Å². The van der Waals surface area contributed by atoms with Crippen molar-refractivity contribution in [2.75, 3.05) is 0 Å². The van der Waals surface area contributed by atoms with E-state index in [0.717, 1.165) is 21.3 Å². The van der Waals surface area contributed by atoms with Crippen LogP contribution in [0.2, 0.25) is 0 Å². The lowest BCUT2D eigenvalue weighted by molar-refractivity contribution is 0.796. The van der Waals surface area contributed by atoms with E-state index in [9.17, 15) is 0 Å². The third kappa shape index (κ3) is 2.34. The Kier molecular flexibility index (Phi) is 3.23. The summed E-state index contributed by atoms with van der Waals surface area (Å²) in [6, 6.07) is 14.0. The maximum absolute atomic E-state index is 6.00. The zero-order valence-electron chi connectivity index (χ0n) is 10.5. The minimum Gasteiger partial charge on any atom is -0.324 e. The molecule has 0 aliphatic heterocycles. The highest BCUT2D eigenvalue weighted by molar-refractivity contribution is 7.99. The van der Waals surface area contributed by atoms with Crippen molar-refractivity contribution in [1.82, 2.24) is 14.6 Å². The summed E-state index contributed by atoms with van der Waals surface area (Å²) in [6.07, 6.45) is 1.96. The van der Waals surface area contributed by atoms with Gasteiger partial charge in [0.15, 0.2) is 10.8 Å². The van der Waals surface area contributed by atoms with Gasteiger partial charge in [-0.15, -0.1) is 10.2 Å². The first kappa shape index (κ1) is 12.2. The third-order valence-electron chi connectivity index (χ3n) is 2.89. The summed E-state index contributed by atoms with van der Waals surface area (Å²) in [5.74, 6) is 0. The molecule has 0 saturated carbocycles. The summed E-state index contributed by atoms with van der Waals surface area (Å²) in [7, 11) is 0. The Balaban J connectivity index is 2.02. The summed E-state index contributed by atoms with van der Waals surface area (Å²) in [5.41, 5.74) is 7.98. The van der Waals surface area contributed by atoms with Crippen LogP contribution in [0.4, 0.5) is 0 Å². The number of benzene rings is 1. The summed E-state index contributed by atoms with van der Waals surface area (Å²) >= 11 is 1.59. The van der Waals surface area contributed by atoms with Crippen molar-refractivity contribution in [1.29, 1.82) is 0 Å². The van der Waals surface area contributed by atoms with Crippen LogP contribution in [0.5, 0.6) is 0 Å². The van der Waals surface area contributed by atoms with E-state index in [1.54, 1.807) is 11.8 Å². The zero-order valence-corrected chi connectivity index (χ0v) is 11.3. The molecule has 96 valence electrons. The zero-order chi connectivity index (χ0) is 13.2. The lowest BCUT2D eigenvalue weighted by Crippen LogP contribution is -2.06. The van der Waals surface area contributed by atoms with E-state index >= 15 is 0 Å². The van der Waals surface area contributed by atoms with Crippen LogP contribution >= 0.6 is 11.8 Å². The SMILES string of the molecule is C[C@@H](N)c1ccccc1Sc1nnc2ccccn12. The molecule has 1 aromatic carbocycles. The van der Waals surface area contributed by atoms with E-state index in [4.69, 9.17) is 5.73 Å². The molecule has 0 aliphatic rings. The predicted molar refractivity (Wildman–Crippen MR) is 76.2 cm³/mol. The molecule has 0 unspecified atom stereocenters. The van der Waals surface area contributed by atoms with E-state index < -0.39 is 0 Å². The van der Waals surface area contributed by atoms with Gasteiger partial charge >= 0.3 is 0 Å². The second kappa shape index (κ2) is 5.03. The fraction of sp³-hybridized carbons (Fsp3) is 0.143. The van der Waals surface area contributed by atoms with Gasteiger partial charge in [0.25, 0.3) is 0 Å². The summed E-state index contributed by atoms with van der Waals surface area (Å²) < 4.78 is 1.97. The molecule has 4 nitrogen and oxygen atoms in total. The molecule has 3 aromatic rings. The fourth-order valence-electron chi connectivity index (χ4n) is 1.94. The molecular formula is C14H14N4S. The number of fused-ring (bicyclic) bond motifs is 1. The molecule has 2 heterocycles. The number of nitrogens with two attached hydrogens (primary N) is 1. The summed E-state index contributed by atoms with van der Waals surface area (Å²) in [5, 5.41) is 9.23. The molecule has 2 N–H and O–H groups in total. The summed E-state index contributed by atoms with van der Waals surface area (Å²) in [4.78, 5) is 1.12. The van der Waals surface area contributed by atoms with Crippen LogP contribution in [0.15, 0.2) is 58.7 Å². The Hall–Kier alpha value is -1.85. The van der Waals surface area contributed by atoms with E-state index in [1.807, 2.05) is 47.9 Å². The van der Waals surface area contributed by atoms with Crippen molar-refractivity contribution >= 4 is 17.4 Å². The molecule has 5 heteroatoms. The Bertz CT molecular complexity index is 705. The number of rotatable bonds is 3. The number of aromatic nitrogens is 3. The third-order valence-corrected chi connectivity index (χ3v) is 3.95. The molecule has 0 radical (unpaired) electrons. The van der Waals surface area contributed by atoms with Crippen molar-refractivity contribution in [3.05, 3.63) is 54.2 Å². The molecule has 1 atom stereocenters. The minimum atomic E-state index is 0.00267. The molecule has 2 aromatic heterocycles. The van der Waals surface area contributed by atoms with Crippen molar-refractivity contribution in [2.24, 2.45) is 5.73 Å². The van der Waals surface area contributed by atoms with Crippen LogP contribution in [0.3, 0.4) is 0 Å². The van der Waals surface area contributed by atoms with Crippen LogP contribution in [-0.4, -0.2) is 14.6 Å².